The molecule has 23 heavy (non-hydrogen) atoms. The Morgan fingerprint density at radius 2 is 1.61 bits per heavy atom. The quantitative estimate of drug-likeness (QED) is 0.774. The van der Waals surface area contributed by atoms with Crippen molar-refractivity contribution in [2.75, 3.05) is 12.3 Å². The zero-order valence-electron chi connectivity index (χ0n) is 13.5. The van der Waals surface area contributed by atoms with Gasteiger partial charge in [0.05, 0.1) is 6.61 Å². The minimum absolute atomic E-state index is 0. The first kappa shape index (κ1) is 17.8. The van der Waals surface area contributed by atoms with Crippen molar-refractivity contribution >= 4 is 5.69 Å². The molecule has 0 radical (unpaired) electrons. The Morgan fingerprint density at radius 1 is 0.957 bits per heavy atom. The number of aromatic nitrogens is 1. The number of nitrogen functional groups attached to an aromatic ring is 1. The molecule has 124 valence electrons. The fraction of sp³-hybridized carbons (Fsp3) is 0.421. The van der Waals surface area contributed by atoms with Gasteiger partial charge in [0.2, 0.25) is 0 Å². The Kier molecular flexibility index (Phi) is 6.90. The highest BCUT2D eigenvalue weighted by molar-refractivity contribution is 5.32. The number of pyridine rings is 1. The van der Waals surface area contributed by atoms with Crippen LogP contribution in [0.25, 0.3) is 0 Å². The highest BCUT2D eigenvalue weighted by Gasteiger charge is 2.13. The number of hydrogen-bond donors (Lipinski definition) is 1. The molecule has 0 atom stereocenters. The van der Waals surface area contributed by atoms with E-state index in [1.807, 2.05) is 24.5 Å². The van der Waals surface area contributed by atoms with Crippen molar-refractivity contribution in [1.82, 2.24) is 0 Å². The molecule has 0 amide bonds. The second-order valence-electron chi connectivity index (χ2n) is 6.26. The molecule has 2 N–H and O–H groups in total. The molecule has 1 saturated carbocycles. The molecule has 1 aliphatic carbocycles. The third kappa shape index (κ3) is 5.54. The monoisotopic (exact) mass is 376 g/mol. The van der Waals surface area contributed by atoms with E-state index in [1.54, 1.807) is 0 Å². The Morgan fingerprint density at radius 3 is 2.26 bits per heavy atom. The Bertz CT molecular complexity index is 577. The predicted octanol–water partition coefficient (Wildman–Crippen LogP) is 0.568. The number of hydrogen-bond acceptors (Lipinski definition) is 2. The van der Waals surface area contributed by atoms with Gasteiger partial charge in [-0.1, -0.05) is 19.3 Å². The summed E-state index contributed by atoms with van der Waals surface area (Å²) >= 11 is 0. The van der Waals surface area contributed by atoms with E-state index in [9.17, 15) is 0 Å². The van der Waals surface area contributed by atoms with Crippen LogP contribution < -0.4 is 32.0 Å². The summed E-state index contributed by atoms with van der Waals surface area (Å²) in [5.41, 5.74) is 7.76. The largest absolute Gasteiger partial charge is 1.00 e. The maximum absolute atomic E-state index is 5.94. The van der Waals surface area contributed by atoms with Gasteiger partial charge >= 0.3 is 0 Å². The maximum Gasteiger partial charge on any atom is 0.173 e. The zero-order chi connectivity index (χ0) is 15.2. The first-order chi connectivity index (χ1) is 10.8. The maximum atomic E-state index is 5.94. The average molecular weight is 377 g/mol. The van der Waals surface area contributed by atoms with E-state index in [1.165, 1.54) is 37.7 Å². The Hall–Kier alpha value is -1.55. The van der Waals surface area contributed by atoms with Crippen LogP contribution in [-0.4, -0.2) is 6.61 Å². The summed E-state index contributed by atoms with van der Waals surface area (Å²) in [6.45, 7) is 1.72. The highest BCUT2D eigenvalue weighted by atomic mass is 79.9. The van der Waals surface area contributed by atoms with Crippen molar-refractivity contribution in [2.24, 2.45) is 5.92 Å². The van der Waals surface area contributed by atoms with Crippen LogP contribution >= 0.6 is 0 Å². The number of rotatable bonds is 5. The van der Waals surface area contributed by atoms with Crippen molar-refractivity contribution in [2.45, 2.75) is 38.6 Å². The van der Waals surface area contributed by atoms with Crippen LogP contribution in [0.15, 0.2) is 48.8 Å². The summed E-state index contributed by atoms with van der Waals surface area (Å²) in [4.78, 5) is 0. The van der Waals surface area contributed by atoms with Crippen LogP contribution in [-0.2, 0) is 6.54 Å². The van der Waals surface area contributed by atoms with E-state index in [0.717, 1.165) is 30.5 Å². The van der Waals surface area contributed by atoms with E-state index < -0.39 is 0 Å². The number of halogens is 1. The topological polar surface area (TPSA) is 39.1 Å². The van der Waals surface area contributed by atoms with Crippen molar-refractivity contribution in [3.8, 4) is 5.75 Å². The van der Waals surface area contributed by atoms with Crippen LogP contribution in [0.1, 0.15) is 37.7 Å². The standard InChI is InChI=1S/C19H24N2O.BrH/c20-18-10-12-21(13-11-18)14-16-6-8-19(9-7-16)22-15-17-4-2-1-3-5-17;/h6-13,17,20H,1-5,14-15H2;1H. The summed E-state index contributed by atoms with van der Waals surface area (Å²) in [6.07, 6.45) is 10.8. The first-order valence-corrected chi connectivity index (χ1v) is 8.26. The number of ether oxygens (including phenoxy) is 1. The molecule has 0 saturated heterocycles. The van der Waals surface area contributed by atoms with E-state index in [2.05, 4.69) is 28.8 Å². The normalized spacial score (nSPS) is 15.0. The van der Waals surface area contributed by atoms with Crippen molar-refractivity contribution < 1.29 is 26.3 Å². The van der Waals surface area contributed by atoms with Gasteiger partial charge in [0.15, 0.2) is 18.9 Å². The molecule has 0 bridgehead atoms. The lowest BCUT2D eigenvalue weighted by Crippen LogP contribution is -3.00. The first-order valence-electron chi connectivity index (χ1n) is 8.26. The number of benzene rings is 1. The van der Waals surface area contributed by atoms with Gasteiger partial charge in [-0.25, -0.2) is 4.57 Å². The van der Waals surface area contributed by atoms with Crippen LogP contribution in [0.5, 0.6) is 5.75 Å². The number of anilines is 1. The molecule has 0 aliphatic heterocycles. The van der Waals surface area contributed by atoms with Crippen LogP contribution in [0.3, 0.4) is 0 Å². The van der Waals surface area contributed by atoms with E-state index >= 15 is 0 Å². The molecule has 3 rings (SSSR count). The van der Waals surface area contributed by atoms with Gasteiger partial charge in [-0.05, 0) is 43.0 Å². The van der Waals surface area contributed by atoms with Crippen molar-refractivity contribution in [1.29, 1.82) is 0 Å². The van der Waals surface area contributed by atoms with Crippen molar-refractivity contribution in [3.05, 3.63) is 54.4 Å². The van der Waals surface area contributed by atoms with Gasteiger partial charge in [-0.2, -0.15) is 0 Å². The molecule has 1 aromatic heterocycles. The molecule has 1 aromatic carbocycles. The van der Waals surface area contributed by atoms with Crippen LogP contribution in [0, 0.1) is 5.92 Å². The second-order valence-corrected chi connectivity index (χ2v) is 6.26. The smallest absolute Gasteiger partial charge is 0.173 e. The molecular weight excluding hydrogens is 352 g/mol. The van der Waals surface area contributed by atoms with Gasteiger partial charge in [0, 0.05) is 23.4 Å². The summed E-state index contributed by atoms with van der Waals surface area (Å²) in [5, 5.41) is 0. The SMILES string of the molecule is Nc1cc[n+](Cc2ccc(OCC3CCCCC3)cc2)cc1.[Br-]. The van der Waals surface area contributed by atoms with Gasteiger partial charge in [-0.3, -0.25) is 0 Å². The lowest BCUT2D eigenvalue weighted by atomic mass is 9.90. The summed E-state index contributed by atoms with van der Waals surface area (Å²) in [6, 6.07) is 12.3. The van der Waals surface area contributed by atoms with Crippen LogP contribution in [0.4, 0.5) is 5.69 Å². The molecular formula is C19H25BrN2O. The zero-order valence-corrected chi connectivity index (χ0v) is 15.0. The van der Waals surface area contributed by atoms with E-state index in [0.29, 0.717) is 0 Å². The molecule has 1 fully saturated rings. The molecule has 1 heterocycles. The summed E-state index contributed by atoms with van der Waals surface area (Å²) in [7, 11) is 0. The minimum atomic E-state index is 0. The fourth-order valence-electron chi connectivity index (χ4n) is 3.04. The van der Waals surface area contributed by atoms with Crippen molar-refractivity contribution in [3.63, 3.8) is 0 Å². The minimum Gasteiger partial charge on any atom is -1.00 e. The molecule has 1 aliphatic rings. The summed E-state index contributed by atoms with van der Waals surface area (Å²) < 4.78 is 8.06. The highest BCUT2D eigenvalue weighted by Crippen LogP contribution is 2.24. The lowest BCUT2D eigenvalue weighted by molar-refractivity contribution is -0.688. The lowest BCUT2D eigenvalue weighted by Gasteiger charge is -2.21. The molecule has 4 heteroatoms. The van der Waals surface area contributed by atoms with Gasteiger partial charge < -0.3 is 27.5 Å². The van der Waals surface area contributed by atoms with Crippen LogP contribution in [0.2, 0.25) is 0 Å². The van der Waals surface area contributed by atoms with Gasteiger partial charge in [-0.15, -0.1) is 0 Å². The Balaban J connectivity index is 0.00000192. The Labute approximate surface area is 149 Å². The third-order valence-electron chi connectivity index (χ3n) is 4.42. The van der Waals surface area contributed by atoms with Gasteiger partial charge in [0.25, 0.3) is 0 Å². The molecule has 3 nitrogen and oxygen atoms in total. The molecule has 2 aromatic rings. The third-order valence-corrected chi connectivity index (χ3v) is 4.42. The van der Waals surface area contributed by atoms with Gasteiger partial charge in [0.1, 0.15) is 5.75 Å². The average Bonchev–Trinajstić information content (AvgIpc) is 2.57. The molecule has 0 spiro atoms. The second kappa shape index (κ2) is 8.92. The predicted molar refractivity (Wildman–Crippen MR) is 88.7 cm³/mol. The fourth-order valence-corrected chi connectivity index (χ4v) is 3.04. The summed E-state index contributed by atoms with van der Waals surface area (Å²) in [5.74, 6) is 1.73. The van der Waals surface area contributed by atoms with E-state index in [4.69, 9.17) is 10.5 Å². The number of nitrogens with zero attached hydrogens (tertiary/aromatic N) is 1. The molecule has 0 unspecified atom stereocenters. The van der Waals surface area contributed by atoms with E-state index in [-0.39, 0.29) is 17.0 Å². The number of nitrogens with two attached hydrogens (primary N) is 1.